The first kappa shape index (κ1) is 15.0. The Balaban J connectivity index is 2.74. The van der Waals surface area contributed by atoms with Gasteiger partial charge >= 0.3 is 5.97 Å². The molecule has 1 aromatic carbocycles. The number of thioether (sulfide) groups is 1. The highest BCUT2D eigenvalue weighted by atomic mass is 32.2. The van der Waals surface area contributed by atoms with Gasteiger partial charge in [0, 0.05) is 10.6 Å². The fourth-order valence-corrected chi connectivity index (χ4v) is 2.63. The zero-order chi connectivity index (χ0) is 13.6. The van der Waals surface area contributed by atoms with Gasteiger partial charge in [0.15, 0.2) is 0 Å². The van der Waals surface area contributed by atoms with E-state index < -0.39 is 5.54 Å². The number of ether oxygens (including phenoxy) is 1. The average molecular weight is 271 g/mol. The first-order chi connectivity index (χ1) is 8.53. The lowest BCUT2D eigenvalue weighted by Gasteiger charge is -2.27. The van der Waals surface area contributed by atoms with Crippen molar-refractivity contribution in [2.75, 3.05) is 19.4 Å². The van der Waals surface area contributed by atoms with Gasteiger partial charge in [-0.1, -0.05) is 19.1 Å². The van der Waals surface area contributed by atoms with Crippen LogP contribution in [0.25, 0.3) is 0 Å². The van der Waals surface area contributed by atoms with Crippen molar-refractivity contribution in [1.82, 2.24) is 5.32 Å². The Hall–Kier alpha value is -1.07. The highest BCUT2D eigenvalue weighted by Gasteiger charge is 2.33. The van der Waals surface area contributed by atoms with E-state index in [9.17, 15) is 9.18 Å². The smallest absolute Gasteiger partial charge is 0.326 e. The normalized spacial score (nSPS) is 14.0. The van der Waals surface area contributed by atoms with Crippen LogP contribution >= 0.6 is 11.8 Å². The molecule has 0 saturated carbocycles. The summed E-state index contributed by atoms with van der Waals surface area (Å²) in [4.78, 5) is 12.3. The van der Waals surface area contributed by atoms with Gasteiger partial charge in [-0.05, 0) is 25.6 Å². The molecule has 0 bridgehead atoms. The van der Waals surface area contributed by atoms with E-state index in [-0.39, 0.29) is 11.8 Å². The zero-order valence-corrected chi connectivity index (χ0v) is 11.6. The van der Waals surface area contributed by atoms with Crippen LogP contribution in [0.5, 0.6) is 0 Å². The molecule has 5 heteroatoms. The molecule has 0 amide bonds. The van der Waals surface area contributed by atoms with Crippen LogP contribution in [-0.2, 0) is 9.53 Å². The minimum Gasteiger partial charge on any atom is -0.468 e. The lowest BCUT2D eigenvalue weighted by Crippen LogP contribution is -2.52. The maximum absolute atomic E-state index is 13.5. The van der Waals surface area contributed by atoms with E-state index in [1.54, 1.807) is 25.1 Å². The minimum atomic E-state index is -0.809. The first-order valence-corrected chi connectivity index (χ1v) is 6.73. The Morgan fingerprint density at radius 1 is 1.50 bits per heavy atom. The van der Waals surface area contributed by atoms with Gasteiger partial charge in [0.05, 0.1) is 7.11 Å². The van der Waals surface area contributed by atoms with Crippen LogP contribution in [0.2, 0.25) is 0 Å². The van der Waals surface area contributed by atoms with E-state index in [2.05, 4.69) is 5.32 Å². The van der Waals surface area contributed by atoms with E-state index in [1.165, 1.54) is 24.9 Å². The van der Waals surface area contributed by atoms with Crippen LogP contribution < -0.4 is 5.32 Å². The molecule has 18 heavy (non-hydrogen) atoms. The summed E-state index contributed by atoms with van der Waals surface area (Å²) >= 11 is 1.30. The van der Waals surface area contributed by atoms with Gasteiger partial charge in [0.2, 0.25) is 0 Å². The summed E-state index contributed by atoms with van der Waals surface area (Å²) in [7, 11) is 1.35. The third-order valence-corrected chi connectivity index (χ3v) is 3.92. The van der Waals surface area contributed by atoms with Gasteiger partial charge in [0.1, 0.15) is 11.4 Å². The van der Waals surface area contributed by atoms with Gasteiger partial charge in [-0.15, -0.1) is 11.8 Å². The number of hydrogen-bond acceptors (Lipinski definition) is 4. The quantitative estimate of drug-likeness (QED) is 0.637. The molecule has 0 saturated heterocycles. The fraction of sp³-hybridized carbons (Fsp3) is 0.462. The number of methoxy groups -OCH3 is 1. The topological polar surface area (TPSA) is 38.3 Å². The van der Waals surface area contributed by atoms with Gasteiger partial charge in [-0.3, -0.25) is 4.79 Å². The summed E-state index contributed by atoms with van der Waals surface area (Å²) in [6.07, 6.45) is 0. The van der Waals surface area contributed by atoms with E-state index in [1.807, 2.05) is 6.92 Å². The lowest BCUT2D eigenvalue weighted by atomic mass is 10.1. The Morgan fingerprint density at radius 3 is 2.72 bits per heavy atom. The van der Waals surface area contributed by atoms with Crippen molar-refractivity contribution in [3.8, 4) is 0 Å². The van der Waals surface area contributed by atoms with Crippen molar-refractivity contribution < 1.29 is 13.9 Å². The van der Waals surface area contributed by atoms with Crippen LogP contribution in [0.4, 0.5) is 4.39 Å². The third kappa shape index (κ3) is 3.71. The predicted molar refractivity (Wildman–Crippen MR) is 71.2 cm³/mol. The molecule has 1 rings (SSSR count). The number of halogens is 1. The van der Waals surface area contributed by atoms with Gasteiger partial charge in [-0.25, -0.2) is 4.39 Å². The highest BCUT2D eigenvalue weighted by Crippen LogP contribution is 2.25. The molecule has 0 aliphatic rings. The molecule has 1 unspecified atom stereocenters. The second kappa shape index (κ2) is 6.75. The maximum Gasteiger partial charge on any atom is 0.326 e. The van der Waals surface area contributed by atoms with Crippen molar-refractivity contribution in [3.05, 3.63) is 30.1 Å². The van der Waals surface area contributed by atoms with Crippen molar-refractivity contribution in [1.29, 1.82) is 0 Å². The van der Waals surface area contributed by atoms with E-state index in [4.69, 9.17) is 4.74 Å². The van der Waals surface area contributed by atoms with E-state index >= 15 is 0 Å². The standard InChI is InChI=1S/C13H18FNO2S/c1-4-15-13(2,12(16)17-3)9-18-11-8-6-5-7-10(11)14/h5-8,15H,4,9H2,1-3H3. The molecule has 0 radical (unpaired) electrons. The van der Waals surface area contributed by atoms with Crippen LogP contribution in [0.3, 0.4) is 0 Å². The fourth-order valence-electron chi connectivity index (χ4n) is 1.58. The second-order valence-electron chi connectivity index (χ2n) is 4.07. The summed E-state index contributed by atoms with van der Waals surface area (Å²) in [6, 6.07) is 6.52. The molecule has 100 valence electrons. The third-order valence-electron chi connectivity index (χ3n) is 2.56. The minimum absolute atomic E-state index is 0.272. The number of nitrogens with one attached hydrogen (secondary N) is 1. The van der Waals surface area contributed by atoms with Crippen molar-refractivity contribution >= 4 is 17.7 Å². The monoisotopic (exact) mass is 271 g/mol. The van der Waals surface area contributed by atoms with Crippen molar-refractivity contribution in [2.24, 2.45) is 0 Å². The molecule has 0 aliphatic carbocycles. The molecule has 1 N–H and O–H groups in total. The molecular weight excluding hydrogens is 253 g/mol. The van der Waals surface area contributed by atoms with Crippen LogP contribution in [0.1, 0.15) is 13.8 Å². The number of rotatable bonds is 6. The van der Waals surface area contributed by atoms with E-state index in [0.29, 0.717) is 17.2 Å². The number of carbonyl (C=O) groups excluding carboxylic acids is 1. The molecule has 3 nitrogen and oxygen atoms in total. The Labute approximate surface area is 111 Å². The summed E-state index contributed by atoms with van der Waals surface area (Å²) in [6.45, 7) is 4.31. The van der Waals surface area contributed by atoms with Crippen LogP contribution in [-0.4, -0.2) is 30.9 Å². The van der Waals surface area contributed by atoms with Crippen molar-refractivity contribution in [3.63, 3.8) is 0 Å². The first-order valence-electron chi connectivity index (χ1n) is 5.74. The SMILES string of the molecule is CCNC(C)(CSc1ccccc1F)C(=O)OC. The highest BCUT2D eigenvalue weighted by molar-refractivity contribution is 7.99. The van der Waals surface area contributed by atoms with Crippen molar-refractivity contribution in [2.45, 2.75) is 24.3 Å². The number of benzene rings is 1. The maximum atomic E-state index is 13.5. The predicted octanol–water partition coefficient (Wildman–Crippen LogP) is 2.46. The Bertz CT molecular complexity index is 414. The van der Waals surface area contributed by atoms with E-state index in [0.717, 1.165) is 0 Å². The molecule has 0 aromatic heterocycles. The summed E-state index contributed by atoms with van der Waals surface area (Å²) < 4.78 is 18.3. The summed E-state index contributed by atoms with van der Waals surface area (Å²) in [5, 5.41) is 3.08. The molecule has 1 atom stereocenters. The van der Waals surface area contributed by atoms with Crippen LogP contribution in [0.15, 0.2) is 29.2 Å². The largest absolute Gasteiger partial charge is 0.468 e. The molecule has 0 fully saturated rings. The summed E-state index contributed by atoms with van der Waals surface area (Å²) in [5.41, 5.74) is -0.809. The zero-order valence-electron chi connectivity index (χ0n) is 10.8. The van der Waals surface area contributed by atoms with Gasteiger partial charge < -0.3 is 10.1 Å². The number of carbonyl (C=O) groups is 1. The molecule has 0 aliphatic heterocycles. The molecule has 0 heterocycles. The Kier molecular flexibility index (Phi) is 5.62. The molecular formula is C13H18FNO2S. The second-order valence-corrected chi connectivity index (χ2v) is 5.09. The van der Waals surface area contributed by atoms with Gasteiger partial charge in [0.25, 0.3) is 0 Å². The van der Waals surface area contributed by atoms with Crippen LogP contribution in [0, 0.1) is 5.82 Å². The molecule has 1 aromatic rings. The lowest BCUT2D eigenvalue weighted by molar-refractivity contribution is -0.146. The van der Waals surface area contributed by atoms with Gasteiger partial charge in [-0.2, -0.15) is 0 Å². The molecule has 0 spiro atoms. The number of hydrogen-bond donors (Lipinski definition) is 1. The number of likely N-dealkylation sites (N-methyl/N-ethyl adjacent to an activating group) is 1. The Morgan fingerprint density at radius 2 is 2.17 bits per heavy atom. The number of esters is 1. The summed E-state index contributed by atoms with van der Waals surface area (Å²) in [5.74, 6) is -0.201. The average Bonchev–Trinajstić information content (AvgIpc) is 2.37.